The van der Waals surface area contributed by atoms with Gasteiger partial charge in [-0.05, 0) is 18.6 Å². The molecule has 1 fully saturated rings. The van der Waals surface area contributed by atoms with Crippen molar-refractivity contribution in [2.45, 2.75) is 19.5 Å². The van der Waals surface area contributed by atoms with Crippen molar-refractivity contribution in [1.82, 2.24) is 15.5 Å². The Morgan fingerprint density at radius 1 is 1.41 bits per heavy atom. The van der Waals surface area contributed by atoms with Crippen molar-refractivity contribution < 1.29 is 19.1 Å². The molecule has 118 valence electrons. The molecule has 0 aromatic heterocycles. The van der Waals surface area contributed by atoms with Gasteiger partial charge in [0.1, 0.15) is 0 Å². The molecule has 7 nitrogen and oxygen atoms in total. The molecule has 1 aliphatic heterocycles. The molecule has 0 aliphatic carbocycles. The molecule has 1 heterocycles. The van der Waals surface area contributed by atoms with Crippen LogP contribution in [0, 0.1) is 0 Å². The molecular weight excluding hydrogens is 286 g/mol. The zero-order chi connectivity index (χ0) is 16.1. The Hall–Kier alpha value is -2.41. The number of carbonyl (C=O) groups is 3. The average molecular weight is 305 g/mol. The highest BCUT2D eigenvalue weighted by molar-refractivity contribution is 6.02. The molecule has 0 radical (unpaired) electrons. The first kappa shape index (κ1) is 16.0. The van der Waals surface area contributed by atoms with E-state index in [0.29, 0.717) is 17.7 Å². The van der Waals surface area contributed by atoms with Crippen molar-refractivity contribution in [3.8, 4) is 0 Å². The zero-order valence-electron chi connectivity index (χ0n) is 12.6. The fraction of sp³-hybridized carbons (Fsp3) is 0.400. The summed E-state index contributed by atoms with van der Waals surface area (Å²) in [6.07, 6.45) is 0. The second-order valence-corrected chi connectivity index (χ2v) is 5.13. The average Bonchev–Trinajstić information content (AvgIpc) is 2.80. The Morgan fingerprint density at radius 3 is 2.77 bits per heavy atom. The van der Waals surface area contributed by atoms with Gasteiger partial charge in [-0.2, -0.15) is 0 Å². The van der Waals surface area contributed by atoms with E-state index in [-0.39, 0.29) is 30.9 Å². The van der Waals surface area contributed by atoms with E-state index in [2.05, 4.69) is 10.6 Å². The number of carbonyl (C=O) groups excluding carboxylic acids is 3. The largest absolute Gasteiger partial charge is 0.383 e. The molecule has 0 saturated carbocycles. The summed E-state index contributed by atoms with van der Waals surface area (Å²) in [7, 11) is 1.56. The molecule has 0 bridgehead atoms. The van der Waals surface area contributed by atoms with Crippen molar-refractivity contribution in [1.29, 1.82) is 0 Å². The number of nitrogens with zero attached hydrogens (tertiary/aromatic N) is 1. The predicted octanol–water partition coefficient (Wildman–Crippen LogP) is 0.503. The molecule has 0 spiro atoms. The summed E-state index contributed by atoms with van der Waals surface area (Å²) >= 11 is 0. The highest BCUT2D eigenvalue weighted by Crippen LogP contribution is 2.14. The van der Waals surface area contributed by atoms with Crippen LogP contribution in [0.25, 0.3) is 0 Å². The van der Waals surface area contributed by atoms with E-state index in [1.165, 1.54) is 0 Å². The van der Waals surface area contributed by atoms with Crippen LogP contribution in [0.4, 0.5) is 4.79 Å². The second-order valence-electron chi connectivity index (χ2n) is 5.13. The molecule has 22 heavy (non-hydrogen) atoms. The third kappa shape index (κ3) is 3.62. The molecule has 4 amide bonds. The molecule has 1 saturated heterocycles. The van der Waals surface area contributed by atoms with Crippen LogP contribution in [-0.2, 0) is 16.1 Å². The highest BCUT2D eigenvalue weighted by Gasteiger charge is 2.29. The van der Waals surface area contributed by atoms with Crippen LogP contribution in [0.3, 0.4) is 0 Å². The van der Waals surface area contributed by atoms with E-state index in [1.807, 2.05) is 6.92 Å². The SMILES string of the molecule is COCC(C)NC(=O)c1ccccc1CN1C(=O)CNC1=O. The van der Waals surface area contributed by atoms with Gasteiger partial charge in [0, 0.05) is 18.7 Å². The van der Waals surface area contributed by atoms with Crippen LogP contribution < -0.4 is 10.6 Å². The number of amides is 4. The van der Waals surface area contributed by atoms with Gasteiger partial charge in [0.2, 0.25) is 5.91 Å². The maximum Gasteiger partial charge on any atom is 0.324 e. The number of ether oxygens (including phenoxy) is 1. The number of nitrogens with one attached hydrogen (secondary N) is 2. The van der Waals surface area contributed by atoms with Crippen LogP contribution in [0.15, 0.2) is 24.3 Å². The van der Waals surface area contributed by atoms with Gasteiger partial charge in [-0.25, -0.2) is 4.79 Å². The molecule has 2 rings (SSSR count). The maximum absolute atomic E-state index is 12.3. The second kappa shape index (κ2) is 7.04. The van der Waals surface area contributed by atoms with Gasteiger partial charge in [0.05, 0.1) is 19.7 Å². The molecule has 1 aliphatic rings. The number of hydrogen-bond donors (Lipinski definition) is 2. The highest BCUT2D eigenvalue weighted by atomic mass is 16.5. The minimum Gasteiger partial charge on any atom is -0.383 e. The zero-order valence-corrected chi connectivity index (χ0v) is 12.6. The first-order chi connectivity index (χ1) is 10.5. The summed E-state index contributed by atoms with van der Waals surface area (Å²) in [6, 6.07) is 6.33. The minimum absolute atomic E-state index is 0.00192. The number of rotatable bonds is 6. The van der Waals surface area contributed by atoms with Crippen molar-refractivity contribution in [3.05, 3.63) is 35.4 Å². The lowest BCUT2D eigenvalue weighted by Crippen LogP contribution is -2.37. The number of benzene rings is 1. The van der Waals surface area contributed by atoms with E-state index in [9.17, 15) is 14.4 Å². The van der Waals surface area contributed by atoms with Crippen molar-refractivity contribution in [2.75, 3.05) is 20.3 Å². The van der Waals surface area contributed by atoms with Gasteiger partial charge >= 0.3 is 6.03 Å². The third-order valence-electron chi connectivity index (χ3n) is 3.32. The monoisotopic (exact) mass is 305 g/mol. The van der Waals surface area contributed by atoms with E-state index in [1.54, 1.807) is 31.4 Å². The Morgan fingerprint density at radius 2 is 2.14 bits per heavy atom. The predicted molar refractivity (Wildman–Crippen MR) is 79.2 cm³/mol. The van der Waals surface area contributed by atoms with E-state index in [4.69, 9.17) is 4.74 Å². The summed E-state index contributed by atoms with van der Waals surface area (Å²) < 4.78 is 4.99. The lowest BCUT2D eigenvalue weighted by Gasteiger charge is -2.17. The first-order valence-corrected chi connectivity index (χ1v) is 6.99. The van der Waals surface area contributed by atoms with E-state index in [0.717, 1.165) is 4.90 Å². The fourth-order valence-electron chi connectivity index (χ4n) is 2.26. The van der Waals surface area contributed by atoms with Gasteiger partial charge in [-0.15, -0.1) is 0 Å². The minimum atomic E-state index is -0.437. The van der Waals surface area contributed by atoms with Gasteiger partial charge < -0.3 is 15.4 Å². The molecule has 2 N–H and O–H groups in total. The van der Waals surface area contributed by atoms with Crippen molar-refractivity contribution in [3.63, 3.8) is 0 Å². The van der Waals surface area contributed by atoms with Crippen LogP contribution in [-0.4, -0.2) is 49.0 Å². The van der Waals surface area contributed by atoms with Crippen LogP contribution in [0.5, 0.6) is 0 Å². The Labute approximate surface area is 128 Å². The molecule has 1 aromatic carbocycles. The first-order valence-electron chi connectivity index (χ1n) is 6.99. The van der Waals surface area contributed by atoms with Crippen LogP contribution in [0.2, 0.25) is 0 Å². The Kier molecular flexibility index (Phi) is 5.11. The lowest BCUT2D eigenvalue weighted by atomic mass is 10.1. The third-order valence-corrected chi connectivity index (χ3v) is 3.32. The van der Waals surface area contributed by atoms with Gasteiger partial charge in [0.25, 0.3) is 5.91 Å². The summed E-state index contributed by atoms with van der Waals surface area (Å²) in [5.74, 6) is -0.555. The normalized spacial score (nSPS) is 15.6. The van der Waals surface area contributed by atoms with E-state index >= 15 is 0 Å². The topological polar surface area (TPSA) is 87.7 Å². The van der Waals surface area contributed by atoms with Gasteiger partial charge in [-0.3, -0.25) is 14.5 Å². The van der Waals surface area contributed by atoms with Crippen LogP contribution in [0.1, 0.15) is 22.8 Å². The molecule has 1 atom stereocenters. The lowest BCUT2D eigenvalue weighted by molar-refractivity contribution is -0.125. The van der Waals surface area contributed by atoms with Gasteiger partial charge in [0.15, 0.2) is 0 Å². The summed E-state index contributed by atoms with van der Waals surface area (Å²) in [5, 5.41) is 5.27. The van der Waals surface area contributed by atoms with Gasteiger partial charge in [-0.1, -0.05) is 18.2 Å². The molecule has 7 heteroatoms. The summed E-state index contributed by atoms with van der Waals surface area (Å²) in [4.78, 5) is 36.7. The van der Waals surface area contributed by atoms with E-state index < -0.39 is 6.03 Å². The maximum atomic E-state index is 12.3. The number of urea groups is 1. The molecule has 1 unspecified atom stereocenters. The molecule has 1 aromatic rings. The molecular formula is C15H19N3O4. The van der Waals surface area contributed by atoms with Crippen molar-refractivity contribution >= 4 is 17.8 Å². The van der Waals surface area contributed by atoms with Crippen LogP contribution >= 0.6 is 0 Å². The number of methoxy groups -OCH3 is 1. The smallest absolute Gasteiger partial charge is 0.324 e. The number of imide groups is 1. The standard InChI is InChI=1S/C15H19N3O4/c1-10(9-22-2)17-14(20)12-6-4-3-5-11(12)8-18-13(19)7-16-15(18)21/h3-6,10H,7-9H2,1-2H3,(H,16,21)(H,17,20). The quantitative estimate of drug-likeness (QED) is 0.749. The summed E-state index contributed by atoms with van der Waals surface area (Å²) in [6.45, 7) is 2.31. The fourth-order valence-corrected chi connectivity index (χ4v) is 2.26. The number of hydrogen-bond acceptors (Lipinski definition) is 4. The Balaban J connectivity index is 2.14. The summed E-state index contributed by atoms with van der Waals surface area (Å²) in [5.41, 5.74) is 1.06. The Bertz CT molecular complexity index is 572. The van der Waals surface area contributed by atoms with Crippen molar-refractivity contribution in [2.24, 2.45) is 0 Å².